The van der Waals surface area contributed by atoms with Crippen molar-refractivity contribution >= 4 is 0 Å². The standard InChI is InChI=1S/C22H31NO4/c1-17(2)21(20-12-8-5-9-13-20)23(22(14-24,15-25)16-26)27-18(3)19-10-6-4-7-11-19/h4-13,17-18,21,24-26H,14-16H2,1-3H3. The first-order valence-electron chi connectivity index (χ1n) is 9.37. The molecule has 5 heteroatoms. The van der Waals surface area contributed by atoms with Gasteiger partial charge in [0, 0.05) is 0 Å². The summed E-state index contributed by atoms with van der Waals surface area (Å²) in [5.41, 5.74) is 0.654. The van der Waals surface area contributed by atoms with Gasteiger partial charge in [-0.15, -0.1) is 0 Å². The van der Waals surface area contributed by atoms with Crippen LogP contribution in [0.5, 0.6) is 0 Å². The number of aliphatic hydroxyl groups is 3. The Kier molecular flexibility index (Phi) is 7.95. The number of hydrogen-bond acceptors (Lipinski definition) is 5. The maximum Gasteiger partial charge on any atom is 0.116 e. The fourth-order valence-electron chi connectivity index (χ4n) is 3.23. The monoisotopic (exact) mass is 373 g/mol. The minimum absolute atomic E-state index is 0.111. The molecule has 3 N–H and O–H groups in total. The van der Waals surface area contributed by atoms with Crippen molar-refractivity contribution in [2.75, 3.05) is 19.8 Å². The highest BCUT2D eigenvalue weighted by Gasteiger charge is 2.43. The first kappa shape index (κ1) is 21.5. The zero-order valence-corrected chi connectivity index (χ0v) is 16.3. The number of benzene rings is 2. The summed E-state index contributed by atoms with van der Waals surface area (Å²) < 4.78 is 0. The van der Waals surface area contributed by atoms with Crippen LogP contribution in [-0.2, 0) is 4.84 Å². The Morgan fingerprint density at radius 2 is 1.22 bits per heavy atom. The van der Waals surface area contributed by atoms with Crippen LogP contribution in [0.2, 0.25) is 0 Å². The number of nitrogens with zero attached hydrogens (tertiary/aromatic N) is 1. The molecule has 2 atom stereocenters. The summed E-state index contributed by atoms with van der Waals surface area (Å²) in [6.07, 6.45) is -0.319. The smallest absolute Gasteiger partial charge is 0.116 e. The Hall–Kier alpha value is -1.76. The van der Waals surface area contributed by atoms with Crippen molar-refractivity contribution in [2.45, 2.75) is 38.5 Å². The van der Waals surface area contributed by atoms with E-state index in [1.807, 2.05) is 67.6 Å². The molecule has 0 saturated heterocycles. The normalized spacial score (nSPS) is 14.5. The lowest BCUT2D eigenvalue weighted by atomic mass is 9.91. The third-order valence-electron chi connectivity index (χ3n) is 4.92. The molecule has 0 spiro atoms. The number of hydrogen-bond donors (Lipinski definition) is 3. The summed E-state index contributed by atoms with van der Waals surface area (Å²) in [7, 11) is 0. The van der Waals surface area contributed by atoms with Crippen molar-refractivity contribution in [3.05, 3.63) is 71.8 Å². The van der Waals surface area contributed by atoms with Gasteiger partial charge < -0.3 is 15.3 Å². The average Bonchev–Trinajstić information content (AvgIpc) is 2.71. The third-order valence-corrected chi connectivity index (χ3v) is 4.92. The van der Waals surface area contributed by atoms with Gasteiger partial charge in [0.05, 0.1) is 25.9 Å². The van der Waals surface area contributed by atoms with Gasteiger partial charge in [-0.05, 0) is 24.0 Å². The first-order chi connectivity index (χ1) is 13.0. The molecule has 0 aliphatic carbocycles. The largest absolute Gasteiger partial charge is 0.394 e. The molecule has 2 rings (SSSR count). The second-order valence-electron chi connectivity index (χ2n) is 7.28. The summed E-state index contributed by atoms with van der Waals surface area (Å²) >= 11 is 0. The minimum atomic E-state index is -1.31. The van der Waals surface area contributed by atoms with Gasteiger partial charge in [-0.25, -0.2) is 0 Å². The van der Waals surface area contributed by atoms with Gasteiger partial charge in [-0.2, -0.15) is 5.06 Å². The molecule has 2 unspecified atom stereocenters. The Balaban J connectivity index is 2.47. The van der Waals surface area contributed by atoms with E-state index in [0.29, 0.717) is 0 Å². The summed E-state index contributed by atoms with van der Waals surface area (Å²) in [4.78, 5) is 6.31. The van der Waals surface area contributed by atoms with Gasteiger partial charge in [0.1, 0.15) is 11.6 Å². The van der Waals surface area contributed by atoms with Crippen molar-refractivity contribution < 1.29 is 20.2 Å². The minimum Gasteiger partial charge on any atom is -0.394 e. The van der Waals surface area contributed by atoms with Gasteiger partial charge in [0.2, 0.25) is 0 Å². The maximum atomic E-state index is 10.1. The zero-order chi connectivity index (χ0) is 19.9. The predicted octanol–water partition coefficient (Wildman–Crippen LogP) is 3.09. The molecule has 148 valence electrons. The van der Waals surface area contributed by atoms with Crippen molar-refractivity contribution in [1.82, 2.24) is 5.06 Å². The topological polar surface area (TPSA) is 73.2 Å². The highest BCUT2D eigenvalue weighted by atomic mass is 16.7. The number of hydroxylamine groups is 2. The highest BCUT2D eigenvalue weighted by Crippen LogP contribution is 2.37. The van der Waals surface area contributed by atoms with Gasteiger partial charge in [0.25, 0.3) is 0 Å². The molecule has 5 nitrogen and oxygen atoms in total. The van der Waals surface area contributed by atoms with Crippen LogP contribution < -0.4 is 0 Å². The number of aliphatic hydroxyl groups excluding tert-OH is 3. The van der Waals surface area contributed by atoms with E-state index in [9.17, 15) is 15.3 Å². The van der Waals surface area contributed by atoms with Gasteiger partial charge >= 0.3 is 0 Å². The van der Waals surface area contributed by atoms with E-state index >= 15 is 0 Å². The molecule has 0 aromatic heterocycles. The molecule has 0 aliphatic heterocycles. The highest BCUT2D eigenvalue weighted by molar-refractivity contribution is 5.21. The Labute approximate surface area is 161 Å². The molecule has 0 saturated carbocycles. The quantitative estimate of drug-likeness (QED) is 0.558. The molecular weight excluding hydrogens is 342 g/mol. The molecule has 2 aromatic rings. The molecule has 0 radical (unpaired) electrons. The summed E-state index contributed by atoms with van der Waals surface area (Å²) in [5.74, 6) is 0.111. The lowest BCUT2D eigenvalue weighted by molar-refractivity contribution is -0.303. The molecular formula is C22H31NO4. The van der Waals surface area contributed by atoms with E-state index in [1.165, 1.54) is 0 Å². The van der Waals surface area contributed by atoms with Crippen LogP contribution in [0.4, 0.5) is 0 Å². The lowest BCUT2D eigenvalue weighted by Gasteiger charge is -2.46. The predicted molar refractivity (Wildman–Crippen MR) is 106 cm³/mol. The van der Waals surface area contributed by atoms with Gasteiger partial charge in [-0.1, -0.05) is 74.5 Å². The second-order valence-corrected chi connectivity index (χ2v) is 7.28. The second kappa shape index (κ2) is 9.97. The molecule has 27 heavy (non-hydrogen) atoms. The van der Waals surface area contributed by atoms with Crippen LogP contribution in [0.15, 0.2) is 60.7 Å². The van der Waals surface area contributed by atoms with E-state index in [2.05, 4.69) is 13.8 Å². The molecule has 0 heterocycles. The van der Waals surface area contributed by atoms with Crippen molar-refractivity contribution in [3.63, 3.8) is 0 Å². The van der Waals surface area contributed by atoms with Gasteiger partial charge in [-0.3, -0.25) is 4.84 Å². The van der Waals surface area contributed by atoms with Crippen LogP contribution in [-0.4, -0.2) is 45.7 Å². The van der Waals surface area contributed by atoms with E-state index in [0.717, 1.165) is 11.1 Å². The van der Waals surface area contributed by atoms with E-state index < -0.39 is 25.4 Å². The van der Waals surface area contributed by atoms with Crippen LogP contribution in [0.25, 0.3) is 0 Å². The fraction of sp³-hybridized carbons (Fsp3) is 0.455. The van der Waals surface area contributed by atoms with E-state index in [1.54, 1.807) is 5.06 Å². The Bertz CT molecular complexity index is 650. The van der Waals surface area contributed by atoms with Crippen molar-refractivity contribution in [3.8, 4) is 0 Å². The van der Waals surface area contributed by atoms with Crippen molar-refractivity contribution in [1.29, 1.82) is 0 Å². The zero-order valence-electron chi connectivity index (χ0n) is 16.3. The van der Waals surface area contributed by atoms with Crippen LogP contribution >= 0.6 is 0 Å². The van der Waals surface area contributed by atoms with Crippen LogP contribution in [0.1, 0.15) is 44.0 Å². The summed E-state index contributed by atoms with van der Waals surface area (Å²) in [6, 6.07) is 19.3. The van der Waals surface area contributed by atoms with Crippen LogP contribution in [0.3, 0.4) is 0 Å². The van der Waals surface area contributed by atoms with Crippen LogP contribution in [0, 0.1) is 5.92 Å². The Morgan fingerprint density at radius 1 is 0.778 bits per heavy atom. The summed E-state index contributed by atoms with van der Waals surface area (Å²) in [6.45, 7) is 4.73. The SMILES string of the molecule is CC(ON(C(c1ccccc1)C(C)C)C(CO)(CO)CO)c1ccccc1. The third kappa shape index (κ3) is 4.94. The molecule has 0 fully saturated rings. The van der Waals surface area contributed by atoms with Gasteiger partial charge in [0.15, 0.2) is 0 Å². The van der Waals surface area contributed by atoms with E-state index in [4.69, 9.17) is 4.84 Å². The summed E-state index contributed by atoms with van der Waals surface area (Å²) in [5, 5.41) is 31.8. The number of rotatable bonds is 10. The molecule has 0 bridgehead atoms. The van der Waals surface area contributed by atoms with Crippen molar-refractivity contribution in [2.24, 2.45) is 5.92 Å². The van der Waals surface area contributed by atoms with E-state index in [-0.39, 0.29) is 18.1 Å². The lowest BCUT2D eigenvalue weighted by Crippen LogP contribution is -2.59. The first-order valence-corrected chi connectivity index (χ1v) is 9.37. The maximum absolute atomic E-state index is 10.1. The molecule has 2 aromatic carbocycles. The Morgan fingerprint density at radius 3 is 1.63 bits per heavy atom. The fourth-order valence-corrected chi connectivity index (χ4v) is 3.23. The average molecular weight is 373 g/mol. The molecule has 0 aliphatic rings. The molecule has 0 amide bonds.